The molecule has 1 unspecified atom stereocenters. The van der Waals surface area contributed by atoms with E-state index in [1.165, 1.54) is 24.3 Å². The van der Waals surface area contributed by atoms with Crippen LogP contribution in [0.25, 0.3) is 0 Å². The van der Waals surface area contributed by atoms with Gasteiger partial charge in [-0.2, -0.15) is 0 Å². The summed E-state index contributed by atoms with van der Waals surface area (Å²) in [5.41, 5.74) is 0.820. The number of amides is 1. The molecule has 1 saturated carbocycles. The monoisotopic (exact) mass is 437 g/mol. The van der Waals surface area contributed by atoms with Crippen LogP contribution in [-0.4, -0.2) is 27.9 Å². The van der Waals surface area contributed by atoms with E-state index in [2.05, 4.69) is 16.4 Å². The molecule has 1 N–H and O–H groups in total. The molecule has 1 aliphatic heterocycles. The molecule has 1 amide bonds. The minimum absolute atomic E-state index is 0.243. The Morgan fingerprint density at radius 2 is 1.94 bits per heavy atom. The fraction of sp³-hybridized carbons (Fsp3) is 0.292. The molecule has 3 aliphatic rings. The van der Waals surface area contributed by atoms with Crippen LogP contribution in [0.4, 0.5) is 4.39 Å². The van der Waals surface area contributed by atoms with Gasteiger partial charge < -0.3 is 10.1 Å². The number of nitrogens with one attached hydrogen (secondary N) is 1. The van der Waals surface area contributed by atoms with Crippen LogP contribution in [0.3, 0.4) is 0 Å². The first-order valence-electron chi connectivity index (χ1n) is 10.3. The lowest BCUT2D eigenvalue weighted by atomic mass is 9.86. The number of nitrogens with zero attached hydrogens (tertiary/aromatic N) is 2. The number of aliphatic imine (C=N–C) groups is 1. The van der Waals surface area contributed by atoms with Gasteiger partial charge in [0.1, 0.15) is 11.6 Å². The molecule has 0 radical (unpaired) electrons. The van der Waals surface area contributed by atoms with Crippen molar-refractivity contribution in [3.63, 3.8) is 0 Å². The molecule has 2 aromatic rings. The molecule has 1 atom stereocenters. The van der Waals surface area contributed by atoms with E-state index in [4.69, 9.17) is 21.3 Å². The number of benzene rings is 1. The quantitative estimate of drug-likeness (QED) is 0.713. The maximum Gasteiger partial charge on any atom is 0.252 e. The van der Waals surface area contributed by atoms with Crippen molar-refractivity contribution in [3.8, 4) is 5.75 Å². The van der Waals surface area contributed by atoms with Gasteiger partial charge in [-0.3, -0.25) is 9.78 Å². The van der Waals surface area contributed by atoms with E-state index >= 15 is 0 Å². The van der Waals surface area contributed by atoms with Crippen LogP contribution in [0, 0.1) is 5.82 Å². The first kappa shape index (κ1) is 19.9. The maximum atomic E-state index is 13.2. The van der Waals surface area contributed by atoms with E-state index in [1.54, 1.807) is 18.5 Å². The highest BCUT2D eigenvalue weighted by atomic mass is 35.5. The summed E-state index contributed by atoms with van der Waals surface area (Å²) in [6.07, 6.45) is 13.5. The minimum Gasteiger partial charge on any atom is -0.460 e. The summed E-state index contributed by atoms with van der Waals surface area (Å²) in [5, 5.41) is 3.60. The fourth-order valence-corrected chi connectivity index (χ4v) is 4.29. The highest BCUT2D eigenvalue weighted by Crippen LogP contribution is 2.44. The van der Waals surface area contributed by atoms with Gasteiger partial charge in [0, 0.05) is 29.8 Å². The molecule has 5 nitrogen and oxygen atoms in total. The molecular formula is C24H21ClFN3O2. The van der Waals surface area contributed by atoms with Crippen LogP contribution in [-0.2, 0) is 0 Å². The van der Waals surface area contributed by atoms with Crippen LogP contribution in [0.1, 0.15) is 42.5 Å². The first-order chi connectivity index (χ1) is 15.0. The third kappa shape index (κ3) is 3.88. The molecular weight excluding hydrogens is 417 g/mol. The maximum absolute atomic E-state index is 13.2. The normalized spacial score (nSPS) is 23.3. The third-order valence-corrected chi connectivity index (χ3v) is 6.13. The summed E-state index contributed by atoms with van der Waals surface area (Å²) in [4.78, 5) is 21.9. The second-order valence-corrected chi connectivity index (χ2v) is 8.59. The van der Waals surface area contributed by atoms with Crippen molar-refractivity contribution in [3.05, 3.63) is 82.9 Å². The number of fused-ring (bicyclic) bond motifs is 1. The number of halogens is 2. The minimum atomic E-state index is -0.856. The summed E-state index contributed by atoms with van der Waals surface area (Å²) in [7, 11) is 0. The zero-order valence-corrected chi connectivity index (χ0v) is 17.5. The van der Waals surface area contributed by atoms with E-state index in [9.17, 15) is 9.18 Å². The Balaban J connectivity index is 1.44. The van der Waals surface area contributed by atoms with Crippen molar-refractivity contribution in [1.29, 1.82) is 0 Å². The van der Waals surface area contributed by atoms with E-state index < -0.39 is 11.3 Å². The van der Waals surface area contributed by atoms with Crippen LogP contribution in [0.15, 0.2) is 71.5 Å². The van der Waals surface area contributed by atoms with Gasteiger partial charge in [-0.1, -0.05) is 23.8 Å². The Morgan fingerprint density at radius 1 is 1.13 bits per heavy atom. The molecule has 1 aromatic heterocycles. The summed E-state index contributed by atoms with van der Waals surface area (Å²) in [5.74, 6) is -0.0602. The van der Waals surface area contributed by atoms with E-state index in [-0.39, 0.29) is 11.7 Å². The van der Waals surface area contributed by atoms with E-state index in [1.807, 2.05) is 12.2 Å². The van der Waals surface area contributed by atoms with Gasteiger partial charge in [0.2, 0.25) is 5.72 Å². The fourth-order valence-electron chi connectivity index (χ4n) is 4.13. The molecule has 2 aliphatic carbocycles. The van der Waals surface area contributed by atoms with Crippen LogP contribution in [0.5, 0.6) is 5.75 Å². The van der Waals surface area contributed by atoms with Gasteiger partial charge in [0.25, 0.3) is 5.91 Å². The van der Waals surface area contributed by atoms with Crippen molar-refractivity contribution >= 4 is 23.2 Å². The summed E-state index contributed by atoms with van der Waals surface area (Å²) in [6, 6.07) is 7.27. The van der Waals surface area contributed by atoms with Crippen molar-refractivity contribution in [2.75, 3.05) is 0 Å². The van der Waals surface area contributed by atoms with Gasteiger partial charge in [0.05, 0.1) is 22.5 Å². The van der Waals surface area contributed by atoms with Crippen molar-refractivity contribution < 1.29 is 13.9 Å². The highest BCUT2D eigenvalue weighted by molar-refractivity contribution is 6.30. The Labute approximate surface area is 184 Å². The predicted octanol–water partition coefficient (Wildman–Crippen LogP) is 5.03. The lowest BCUT2D eigenvalue weighted by Crippen LogP contribution is -2.47. The number of ether oxygens (including phenoxy) is 1. The average Bonchev–Trinajstić information content (AvgIpc) is 3.54. The number of pyridine rings is 1. The van der Waals surface area contributed by atoms with Gasteiger partial charge in [-0.15, -0.1) is 0 Å². The largest absolute Gasteiger partial charge is 0.460 e. The predicted molar refractivity (Wildman–Crippen MR) is 117 cm³/mol. The summed E-state index contributed by atoms with van der Waals surface area (Å²) >= 11 is 6.09. The smallest absolute Gasteiger partial charge is 0.252 e. The number of dihydropyridines is 1. The van der Waals surface area contributed by atoms with Crippen LogP contribution < -0.4 is 10.1 Å². The highest BCUT2D eigenvalue weighted by Gasteiger charge is 2.51. The Hall–Kier alpha value is -2.99. The summed E-state index contributed by atoms with van der Waals surface area (Å²) < 4.78 is 19.6. The zero-order valence-electron chi connectivity index (χ0n) is 16.8. The van der Waals surface area contributed by atoms with Gasteiger partial charge in [-0.25, -0.2) is 9.38 Å². The molecule has 7 heteroatoms. The molecule has 1 fully saturated rings. The summed E-state index contributed by atoms with van der Waals surface area (Å²) in [6.45, 7) is 0. The number of rotatable bonds is 5. The van der Waals surface area contributed by atoms with Gasteiger partial charge in [0.15, 0.2) is 0 Å². The molecule has 158 valence electrons. The van der Waals surface area contributed by atoms with E-state index in [0.717, 1.165) is 43.4 Å². The van der Waals surface area contributed by atoms with E-state index in [0.29, 0.717) is 16.3 Å². The number of carbonyl (C=O) groups is 1. The zero-order chi connectivity index (χ0) is 21.5. The number of aromatic nitrogens is 1. The number of allylic oxidation sites excluding steroid dienone is 1. The number of carbonyl (C=O) groups excluding carboxylic acids is 1. The van der Waals surface area contributed by atoms with Crippen molar-refractivity contribution in [1.82, 2.24) is 10.3 Å². The van der Waals surface area contributed by atoms with Crippen LogP contribution >= 0.6 is 11.6 Å². The van der Waals surface area contributed by atoms with Gasteiger partial charge >= 0.3 is 0 Å². The standard InChI is InChI=1S/C24H21ClFN3O2/c25-18-13-20(15-27-14-18)31-24-10-2-1-3-17(24)6-9-21(28-24)23(11-12-23)29-22(30)16-4-7-19(26)8-5-16/h3-9,13-15H,1-2,10-12H2,(H,29,30). The van der Waals surface area contributed by atoms with Crippen molar-refractivity contribution in [2.24, 2.45) is 4.99 Å². The Morgan fingerprint density at radius 3 is 2.68 bits per heavy atom. The third-order valence-electron chi connectivity index (χ3n) is 5.92. The second-order valence-electron chi connectivity index (χ2n) is 8.15. The van der Waals surface area contributed by atoms with Crippen molar-refractivity contribution in [2.45, 2.75) is 43.4 Å². The molecule has 2 heterocycles. The number of hydrogen-bond donors (Lipinski definition) is 1. The topological polar surface area (TPSA) is 63.6 Å². The first-order valence-corrected chi connectivity index (χ1v) is 10.7. The molecule has 1 aromatic carbocycles. The average molecular weight is 438 g/mol. The SMILES string of the molecule is O=C(NC1(C2=NC3(Oc4cncc(Cl)c4)CCCC=C3C=C2)CC1)c1ccc(F)cc1. The molecule has 0 bridgehead atoms. The van der Waals surface area contributed by atoms with Crippen LogP contribution in [0.2, 0.25) is 5.02 Å². The molecule has 31 heavy (non-hydrogen) atoms. The lowest BCUT2D eigenvalue weighted by molar-refractivity contribution is 0.0932. The second kappa shape index (κ2) is 7.61. The molecule has 0 spiro atoms. The van der Waals surface area contributed by atoms with Gasteiger partial charge in [-0.05, 0) is 56.0 Å². The Bertz CT molecular complexity index is 1120. The number of hydrogen-bond acceptors (Lipinski definition) is 4. The molecule has 0 saturated heterocycles. The molecule has 5 rings (SSSR count). The lowest BCUT2D eigenvalue weighted by Gasteiger charge is -2.38. The Kier molecular flexibility index (Phi) is 4.89.